The van der Waals surface area contributed by atoms with Crippen molar-refractivity contribution < 1.29 is 73.1 Å². The van der Waals surface area contributed by atoms with Crippen molar-refractivity contribution in [1.82, 2.24) is 4.90 Å². The van der Waals surface area contributed by atoms with E-state index in [1.807, 2.05) is 32.8 Å². The van der Waals surface area contributed by atoms with Crippen molar-refractivity contribution in [3.63, 3.8) is 0 Å². The number of esters is 1. The Labute approximate surface area is 345 Å². The van der Waals surface area contributed by atoms with E-state index in [2.05, 4.69) is 5.16 Å². The molecular formula is C41H76N2O15. The lowest BCUT2D eigenvalue weighted by atomic mass is 9.73. The van der Waals surface area contributed by atoms with Gasteiger partial charge >= 0.3 is 5.97 Å². The first-order valence-electron chi connectivity index (χ1n) is 20.8. The highest BCUT2D eigenvalue weighted by Crippen LogP contribution is 2.41. The number of hydrogen-bond acceptors (Lipinski definition) is 17. The summed E-state index contributed by atoms with van der Waals surface area (Å²) in [5.41, 5.74) is -4.49. The highest BCUT2D eigenvalue weighted by Gasteiger charge is 2.53. The van der Waals surface area contributed by atoms with E-state index in [0.717, 1.165) is 0 Å². The third-order valence-electron chi connectivity index (χ3n) is 12.6. The molecule has 0 aliphatic carbocycles. The fourth-order valence-corrected chi connectivity index (χ4v) is 8.93. The van der Waals surface area contributed by atoms with Crippen molar-refractivity contribution in [2.45, 2.75) is 179 Å². The fraction of sp³-hybridized carbons (Fsp3) is 0.951. The molecule has 3 aliphatic rings. The lowest BCUT2D eigenvalue weighted by molar-refractivity contribution is -0.317. The summed E-state index contributed by atoms with van der Waals surface area (Å²) in [6.45, 7) is 17.3. The Kier molecular flexibility index (Phi) is 18.8. The predicted molar refractivity (Wildman–Crippen MR) is 212 cm³/mol. The highest BCUT2D eigenvalue weighted by molar-refractivity contribution is 5.88. The summed E-state index contributed by atoms with van der Waals surface area (Å²) in [5.74, 6) is -4.14. The Bertz CT molecular complexity index is 1300. The van der Waals surface area contributed by atoms with Gasteiger partial charge in [-0.05, 0) is 74.9 Å². The van der Waals surface area contributed by atoms with E-state index in [0.29, 0.717) is 18.7 Å². The van der Waals surface area contributed by atoms with Crippen LogP contribution >= 0.6 is 0 Å². The first kappa shape index (κ1) is 50.8. The maximum absolute atomic E-state index is 14.3. The van der Waals surface area contributed by atoms with Crippen molar-refractivity contribution in [3.8, 4) is 0 Å². The second-order valence-electron chi connectivity index (χ2n) is 17.7. The zero-order valence-corrected chi connectivity index (χ0v) is 37.3. The van der Waals surface area contributed by atoms with Gasteiger partial charge in [-0.15, -0.1) is 0 Å². The van der Waals surface area contributed by atoms with Gasteiger partial charge in [0, 0.05) is 44.4 Å². The molecular weight excluding hydrogens is 760 g/mol. The molecule has 0 unspecified atom stereocenters. The third-order valence-corrected chi connectivity index (χ3v) is 12.6. The number of carbonyl (C=O) groups excluding carboxylic acids is 1. The van der Waals surface area contributed by atoms with Gasteiger partial charge in [0.2, 0.25) is 6.79 Å². The summed E-state index contributed by atoms with van der Waals surface area (Å²) in [4.78, 5) is 21.8. The van der Waals surface area contributed by atoms with Crippen LogP contribution in [0.25, 0.3) is 0 Å². The molecule has 18 atom stereocenters. The standard InChI is InChI=1S/C41H76N2O15/c1-15-29-41(10,49)34(45)24(4)31(42-53-21-52-17-16-50-13)22(2)19-39(8,48)36(58-38-32(44)28(43(11)12)18-23(3)54-38)25(5)33(26(6)37(47)56-29)57-30-20-40(9,51-14)35(46)27(7)55-30/h22-30,32-36,38,44-46,48-49H,15-21H2,1-14H3/b42-31-/t22-,23+,24-,25-,26+,27-,28-,29-,30+,32-,33+,34-,35+,36-,38-,39+,40-,41+/m0/s1. The summed E-state index contributed by atoms with van der Waals surface area (Å²) < 4.78 is 48.1. The maximum Gasteiger partial charge on any atom is 0.311 e. The zero-order valence-electron chi connectivity index (χ0n) is 37.3. The van der Waals surface area contributed by atoms with Crippen molar-refractivity contribution in [1.29, 1.82) is 0 Å². The van der Waals surface area contributed by atoms with Crippen LogP contribution in [0, 0.1) is 23.7 Å². The number of nitrogens with zero attached hydrogens (tertiary/aromatic N) is 2. The summed E-state index contributed by atoms with van der Waals surface area (Å²) >= 11 is 0. The van der Waals surface area contributed by atoms with Crippen molar-refractivity contribution in [2.24, 2.45) is 28.8 Å². The number of oxime groups is 1. The number of methoxy groups -OCH3 is 2. The van der Waals surface area contributed by atoms with E-state index in [1.165, 1.54) is 14.0 Å². The Hall–Kier alpha value is -1.58. The number of aliphatic hydroxyl groups is 5. The average molecular weight is 837 g/mol. The molecule has 17 heteroatoms. The lowest BCUT2D eigenvalue weighted by Gasteiger charge is -2.49. The number of hydrogen-bond donors (Lipinski definition) is 5. The molecule has 0 radical (unpaired) electrons. The topological polar surface area (TPSA) is 217 Å². The van der Waals surface area contributed by atoms with E-state index >= 15 is 0 Å². The molecule has 0 aromatic carbocycles. The lowest BCUT2D eigenvalue weighted by Crippen LogP contribution is -2.61. The van der Waals surface area contributed by atoms with Crippen LogP contribution in [0.1, 0.15) is 94.9 Å². The first-order valence-corrected chi connectivity index (χ1v) is 20.8. The molecule has 3 rings (SSSR count). The van der Waals surface area contributed by atoms with Crippen LogP contribution in [0.15, 0.2) is 5.16 Å². The molecule has 3 heterocycles. The number of cyclic esters (lactones) is 1. The largest absolute Gasteiger partial charge is 0.459 e. The molecule has 0 spiro atoms. The van der Waals surface area contributed by atoms with Crippen LogP contribution < -0.4 is 0 Å². The maximum atomic E-state index is 14.3. The van der Waals surface area contributed by atoms with E-state index in [9.17, 15) is 30.3 Å². The zero-order chi connectivity index (χ0) is 43.9. The van der Waals surface area contributed by atoms with Crippen LogP contribution in [0.2, 0.25) is 0 Å². The van der Waals surface area contributed by atoms with Gasteiger partial charge in [-0.3, -0.25) is 4.79 Å². The monoisotopic (exact) mass is 837 g/mol. The van der Waals surface area contributed by atoms with Gasteiger partial charge in [-0.25, -0.2) is 0 Å². The van der Waals surface area contributed by atoms with Crippen LogP contribution in [-0.4, -0.2) is 175 Å². The average Bonchev–Trinajstić information content (AvgIpc) is 3.15. The Morgan fingerprint density at radius 3 is 2.14 bits per heavy atom. The third kappa shape index (κ3) is 12.1. The molecule has 340 valence electrons. The molecule has 3 fully saturated rings. The summed E-state index contributed by atoms with van der Waals surface area (Å²) in [6.07, 6.45) is -9.49. The Balaban J connectivity index is 2.22. The van der Waals surface area contributed by atoms with Gasteiger partial charge in [0.1, 0.15) is 23.9 Å². The van der Waals surface area contributed by atoms with Crippen LogP contribution in [0.4, 0.5) is 0 Å². The molecule has 17 nitrogen and oxygen atoms in total. The number of rotatable bonds is 13. The van der Waals surface area contributed by atoms with Crippen molar-refractivity contribution in [2.75, 3.05) is 48.3 Å². The van der Waals surface area contributed by atoms with Crippen LogP contribution in [-0.2, 0) is 47.5 Å². The molecule has 0 saturated carbocycles. The normalized spacial score (nSPS) is 45.8. The Morgan fingerprint density at radius 2 is 1.55 bits per heavy atom. The number of likely N-dealkylation sites (N-methyl/N-ethyl adjacent to an activating group) is 1. The second kappa shape index (κ2) is 21.5. The molecule has 3 aliphatic heterocycles. The quantitative estimate of drug-likeness (QED) is 0.0778. The van der Waals surface area contributed by atoms with Gasteiger partial charge in [0.05, 0.1) is 66.6 Å². The fourth-order valence-electron chi connectivity index (χ4n) is 8.93. The van der Waals surface area contributed by atoms with Gasteiger partial charge in [-0.2, -0.15) is 0 Å². The van der Waals surface area contributed by atoms with E-state index in [4.69, 9.17) is 42.7 Å². The predicted octanol–water partition coefficient (Wildman–Crippen LogP) is 2.21. The van der Waals surface area contributed by atoms with Gasteiger partial charge in [0.15, 0.2) is 12.6 Å². The second-order valence-corrected chi connectivity index (χ2v) is 17.7. The molecule has 58 heavy (non-hydrogen) atoms. The van der Waals surface area contributed by atoms with Gasteiger partial charge in [-0.1, -0.05) is 32.9 Å². The minimum absolute atomic E-state index is 0.0307. The summed E-state index contributed by atoms with van der Waals surface area (Å²) in [6, 6.07) is -0.328. The molecule has 0 amide bonds. The highest BCUT2D eigenvalue weighted by atomic mass is 16.7. The number of aliphatic hydroxyl groups excluding tert-OH is 3. The Morgan fingerprint density at radius 1 is 0.897 bits per heavy atom. The van der Waals surface area contributed by atoms with Gasteiger partial charge in [0.25, 0.3) is 0 Å². The van der Waals surface area contributed by atoms with E-state index < -0.39 is 102 Å². The molecule has 5 N–H and O–H groups in total. The molecule has 0 aromatic heterocycles. The van der Waals surface area contributed by atoms with Crippen molar-refractivity contribution in [3.05, 3.63) is 0 Å². The minimum Gasteiger partial charge on any atom is -0.459 e. The SMILES string of the molecule is CC[C@@H]1OC(=O)[C@H](C)[C@H](O[C@@H]2C[C@](C)(OC)[C@H](O)[C@H](C)O2)[C@H](C)[C@H](O[C@@H]2O[C@H](C)C[C@H](N(C)C)[C@@H]2O)[C@](C)(O)C[C@H](C)/C(=N/OCOCCOC)[C@H](C)[C@H](O)[C@]1(C)O. The molecule has 0 aromatic rings. The number of ether oxygens (including phenoxy) is 8. The smallest absolute Gasteiger partial charge is 0.311 e. The van der Waals surface area contributed by atoms with Crippen LogP contribution in [0.5, 0.6) is 0 Å². The van der Waals surface area contributed by atoms with Crippen LogP contribution in [0.3, 0.4) is 0 Å². The number of carbonyl (C=O) groups is 1. The molecule has 0 bridgehead atoms. The van der Waals surface area contributed by atoms with E-state index in [1.54, 1.807) is 55.6 Å². The van der Waals surface area contributed by atoms with E-state index in [-0.39, 0.29) is 44.8 Å². The summed E-state index contributed by atoms with van der Waals surface area (Å²) in [5, 5.41) is 63.6. The van der Waals surface area contributed by atoms with Crippen molar-refractivity contribution >= 4 is 11.7 Å². The first-order chi connectivity index (χ1) is 27.0. The van der Waals surface area contributed by atoms with Gasteiger partial charge < -0.3 is 73.2 Å². The summed E-state index contributed by atoms with van der Waals surface area (Å²) in [7, 11) is 6.76. The minimum atomic E-state index is -1.97. The molecule has 3 saturated heterocycles.